The number of hydrogen-bond acceptors (Lipinski definition) is 3. The van der Waals surface area contributed by atoms with Gasteiger partial charge in [0, 0.05) is 25.4 Å². The molecule has 0 aromatic carbocycles. The van der Waals surface area contributed by atoms with Gasteiger partial charge in [-0.3, -0.25) is 9.47 Å². The van der Waals surface area contributed by atoms with Crippen molar-refractivity contribution >= 4 is 5.97 Å². The Bertz CT molecular complexity index is 244. The fourth-order valence-electron chi connectivity index (χ4n) is 0.983. The van der Waals surface area contributed by atoms with Crippen molar-refractivity contribution in [2.24, 2.45) is 0 Å². The third-order valence-electron chi connectivity index (χ3n) is 1.68. The molecular formula is C9H14N2O2. The van der Waals surface area contributed by atoms with Crippen LogP contribution in [0.15, 0.2) is 24.5 Å². The van der Waals surface area contributed by atoms with Crippen LogP contribution in [0, 0.1) is 0 Å². The molecular weight excluding hydrogens is 168 g/mol. The quantitative estimate of drug-likeness (QED) is 0.545. The van der Waals surface area contributed by atoms with Crippen LogP contribution in [0.2, 0.25) is 0 Å². The minimum Gasteiger partial charge on any atom is -0.469 e. The van der Waals surface area contributed by atoms with E-state index in [0.29, 0.717) is 6.42 Å². The molecule has 1 aromatic rings. The summed E-state index contributed by atoms with van der Waals surface area (Å²) in [5.74, 6) is -0.158. The average molecular weight is 182 g/mol. The van der Waals surface area contributed by atoms with Crippen LogP contribution in [0.1, 0.15) is 12.8 Å². The number of carbonyl (C=O) groups excluding carboxylic acids is 1. The van der Waals surface area contributed by atoms with Crippen molar-refractivity contribution in [2.45, 2.75) is 12.8 Å². The second kappa shape index (κ2) is 5.24. The number of nitrogens with zero attached hydrogens (tertiary/aromatic N) is 1. The average Bonchev–Trinajstić information content (AvgIpc) is 2.64. The van der Waals surface area contributed by atoms with Gasteiger partial charge in [0.1, 0.15) is 0 Å². The van der Waals surface area contributed by atoms with Crippen LogP contribution in [-0.4, -0.2) is 24.3 Å². The maximum absolute atomic E-state index is 10.7. The van der Waals surface area contributed by atoms with E-state index in [-0.39, 0.29) is 5.97 Å². The highest BCUT2D eigenvalue weighted by Gasteiger charge is 1.97. The highest BCUT2D eigenvalue weighted by molar-refractivity contribution is 5.69. The first-order valence-electron chi connectivity index (χ1n) is 4.26. The first kappa shape index (κ1) is 9.64. The fraction of sp³-hybridized carbons (Fsp3) is 0.444. The molecule has 0 bridgehead atoms. The minimum atomic E-state index is -0.158. The van der Waals surface area contributed by atoms with Crippen molar-refractivity contribution in [2.75, 3.05) is 19.1 Å². The number of aromatic nitrogens is 1. The van der Waals surface area contributed by atoms with Crippen LogP contribution in [0.4, 0.5) is 0 Å². The van der Waals surface area contributed by atoms with Crippen molar-refractivity contribution in [1.82, 2.24) is 4.68 Å². The van der Waals surface area contributed by atoms with Crippen LogP contribution >= 0.6 is 0 Å². The van der Waals surface area contributed by atoms with Crippen molar-refractivity contribution < 1.29 is 9.53 Å². The van der Waals surface area contributed by atoms with Gasteiger partial charge in [-0.1, -0.05) is 0 Å². The van der Waals surface area contributed by atoms with E-state index in [9.17, 15) is 4.79 Å². The standard InChI is InChI=1S/C9H14N2O2/c1-13-9(12)5-4-6-10-11-7-2-3-8-11/h2-3,7-8,10H,4-6H2,1H3. The lowest BCUT2D eigenvalue weighted by molar-refractivity contribution is -0.140. The van der Waals surface area contributed by atoms with E-state index >= 15 is 0 Å². The molecule has 1 heterocycles. The first-order valence-corrected chi connectivity index (χ1v) is 4.26. The van der Waals surface area contributed by atoms with Gasteiger partial charge in [-0.2, -0.15) is 0 Å². The third kappa shape index (κ3) is 3.64. The van der Waals surface area contributed by atoms with Crippen molar-refractivity contribution in [3.05, 3.63) is 24.5 Å². The summed E-state index contributed by atoms with van der Waals surface area (Å²) in [6.07, 6.45) is 5.08. The highest BCUT2D eigenvalue weighted by Crippen LogP contribution is 1.91. The summed E-state index contributed by atoms with van der Waals surface area (Å²) in [7, 11) is 1.40. The van der Waals surface area contributed by atoms with Gasteiger partial charge in [0.25, 0.3) is 0 Å². The summed E-state index contributed by atoms with van der Waals surface area (Å²) >= 11 is 0. The topological polar surface area (TPSA) is 43.3 Å². The van der Waals surface area contributed by atoms with Crippen LogP contribution < -0.4 is 5.43 Å². The number of hydrogen-bond donors (Lipinski definition) is 1. The molecule has 0 fully saturated rings. The van der Waals surface area contributed by atoms with E-state index in [1.165, 1.54) is 7.11 Å². The smallest absolute Gasteiger partial charge is 0.305 e. The van der Waals surface area contributed by atoms with Crippen LogP contribution in [-0.2, 0) is 9.53 Å². The van der Waals surface area contributed by atoms with Crippen LogP contribution in [0.3, 0.4) is 0 Å². The van der Waals surface area contributed by atoms with Crippen molar-refractivity contribution in [3.8, 4) is 0 Å². The molecule has 0 aliphatic heterocycles. The van der Waals surface area contributed by atoms with Crippen molar-refractivity contribution in [1.29, 1.82) is 0 Å². The Labute approximate surface area is 77.5 Å². The molecule has 1 rings (SSSR count). The third-order valence-corrected chi connectivity index (χ3v) is 1.68. The summed E-state index contributed by atoms with van der Waals surface area (Å²) in [6.45, 7) is 0.768. The Kier molecular flexibility index (Phi) is 3.88. The van der Waals surface area contributed by atoms with Gasteiger partial charge < -0.3 is 10.2 Å². The molecule has 72 valence electrons. The molecule has 1 aromatic heterocycles. The van der Waals surface area contributed by atoms with Crippen molar-refractivity contribution in [3.63, 3.8) is 0 Å². The van der Waals surface area contributed by atoms with Gasteiger partial charge in [0.15, 0.2) is 0 Å². The summed E-state index contributed by atoms with van der Waals surface area (Å²) in [5, 5.41) is 0. The van der Waals surface area contributed by atoms with Crippen LogP contribution in [0.5, 0.6) is 0 Å². The molecule has 0 aliphatic carbocycles. The Morgan fingerprint density at radius 3 is 2.77 bits per heavy atom. The van der Waals surface area contributed by atoms with Crippen LogP contribution in [0.25, 0.3) is 0 Å². The molecule has 4 heteroatoms. The zero-order valence-corrected chi connectivity index (χ0v) is 7.69. The van der Waals surface area contributed by atoms with E-state index in [1.807, 2.05) is 29.2 Å². The highest BCUT2D eigenvalue weighted by atomic mass is 16.5. The Balaban J connectivity index is 2.05. The normalized spacial score (nSPS) is 9.62. The summed E-state index contributed by atoms with van der Waals surface area (Å²) in [5.41, 5.74) is 3.11. The molecule has 0 saturated heterocycles. The molecule has 0 amide bonds. The lowest BCUT2D eigenvalue weighted by Crippen LogP contribution is -2.15. The maximum atomic E-state index is 10.7. The molecule has 1 N–H and O–H groups in total. The lowest BCUT2D eigenvalue weighted by atomic mass is 10.3. The Hall–Kier alpha value is -1.45. The summed E-state index contributed by atoms with van der Waals surface area (Å²) < 4.78 is 6.37. The fourth-order valence-corrected chi connectivity index (χ4v) is 0.983. The molecule has 0 radical (unpaired) electrons. The number of rotatable bonds is 5. The Morgan fingerprint density at radius 1 is 1.46 bits per heavy atom. The molecule has 0 spiro atoms. The van der Waals surface area contributed by atoms with E-state index in [4.69, 9.17) is 0 Å². The largest absolute Gasteiger partial charge is 0.469 e. The zero-order valence-electron chi connectivity index (χ0n) is 7.69. The lowest BCUT2D eigenvalue weighted by Gasteiger charge is -2.05. The van der Waals surface area contributed by atoms with E-state index in [2.05, 4.69) is 10.2 Å². The first-order chi connectivity index (χ1) is 6.33. The molecule has 0 unspecified atom stereocenters. The SMILES string of the molecule is COC(=O)CCCNn1cccc1. The summed E-state index contributed by atoms with van der Waals surface area (Å²) in [6, 6.07) is 3.88. The van der Waals surface area contributed by atoms with Gasteiger partial charge in [-0.15, -0.1) is 0 Å². The number of carbonyl (C=O) groups is 1. The molecule has 0 atom stereocenters. The zero-order chi connectivity index (χ0) is 9.52. The minimum absolute atomic E-state index is 0.158. The van der Waals surface area contributed by atoms with Gasteiger partial charge in [0.2, 0.25) is 0 Å². The number of ether oxygens (including phenoxy) is 1. The number of methoxy groups -OCH3 is 1. The van der Waals surface area contributed by atoms with Gasteiger partial charge in [-0.25, -0.2) is 0 Å². The second-order valence-electron chi connectivity index (χ2n) is 2.68. The second-order valence-corrected chi connectivity index (χ2v) is 2.68. The number of esters is 1. The molecule has 0 saturated carbocycles. The van der Waals surface area contributed by atoms with E-state index in [0.717, 1.165) is 13.0 Å². The maximum Gasteiger partial charge on any atom is 0.305 e. The van der Waals surface area contributed by atoms with Gasteiger partial charge in [0.05, 0.1) is 7.11 Å². The molecule has 0 aliphatic rings. The van der Waals surface area contributed by atoms with E-state index in [1.54, 1.807) is 0 Å². The molecule has 4 nitrogen and oxygen atoms in total. The predicted octanol–water partition coefficient (Wildman–Crippen LogP) is 0.985. The molecule has 13 heavy (non-hydrogen) atoms. The number of nitrogens with one attached hydrogen (secondary N) is 1. The van der Waals surface area contributed by atoms with E-state index < -0.39 is 0 Å². The van der Waals surface area contributed by atoms with Gasteiger partial charge in [-0.05, 0) is 18.6 Å². The summed E-state index contributed by atoms with van der Waals surface area (Å²) in [4.78, 5) is 10.7. The predicted molar refractivity (Wildman–Crippen MR) is 49.9 cm³/mol. The monoisotopic (exact) mass is 182 g/mol. The van der Waals surface area contributed by atoms with Gasteiger partial charge >= 0.3 is 5.97 Å². The Morgan fingerprint density at radius 2 is 2.15 bits per heavy atom.